The van der Waals surface area contributed by atoms with Gasteiger partial charge in [-0.25, -0.2) is 8.78 Å². The first-order valence-electron chi connectivity index (χ1n) is 8.09. The van der Waals surface area contributed by atoms with Gasteiger partial charge in [0.1, 0.15) is 17.3 Å². The van der Waals surface area contributed by atoms with Crippen LogP contribution in [0.5, 0.6) is 0 Å². The summed E-state index contributed by atoms with van der Waals surface area (Å²) in [7, 11) is 3.81. The molecule has 0 aliphatic carbocycles. The lowest BCUT2D eigenvalue weighted by atomic mass is 10.2. The predicted octanol–water partition coefficient (Wildman–Crippen LogP) is 3.41. The topological polar surface area (TPSA) is 52.7 Å². The summed E-state index contributed by atoms with van der Waals surface area (Å²) in [6, 6.07) is 10.6. The van der Waals surface area contributed by atoms with E-state index in [0.29, 0.717) is 5.69 Å². The molecule has 0 radical (unpaired) electrons. The second kappa shape index (κ2) is 8.42. The van der Waals surface area contributed by atoms with Crippen LogP contribution in [0, 0.1) is 11.6 Å². The van der Waals surface area contributed by atoms with Gasteiger partial charge in [-0.15, -0.1) is 0 Å². The summed E-state index contributed by atoms with van der Waals surface area (Å²) in [5, 5.41) is 2.21. The van der Waals surface area contributed by atoms with Crippen molar-refractivity contribution >= 4 is 28.9 Å². The molecule has 26 heavy (non-hydrogen) atoms. The lowest BCUT2D eigenvalue weighted by Gasteiger charge is -2.22. The number of nitrogens with one attached hydrogen (secondary N) is 1. The van der Waals surface area contributed by atoms with Gasteiger partial charge in [0.05, 0.1) is 0 Å². The number of halogens is 2. The Morgan fingerprint density at radius 3 is 2.00 bits per heavy atom. The van der Waals surface area contributed by atoms with Crippen LogP contribution in [0.2, 0.25) is 0 Å². The summed E-state index contributed by atoms with van der Waals surface area (Å²) in [6.07, 6.45) is -0.0945. The van der Waals surface area contributed by atoms with E-state index in [1.165, 1.54) is 17.9 Å². The van der Waals surface area contributed by atoms with Gasteiger partial charge in [-0.1, -0.05) is 6.07 Å². The summed E-state index contributed by atoms with van der Waals surface area (Å²) in [5.74, 6) is -2.50. The minimum atomic E-state index is -0.846. The first kappa shape index (κ1) is 19.4. The summed E-state index contributed by atoms with van der Waals surface area (Å²) in [4.78, 5) is 27.3. The number of carbonyl (C=O) groups is 2. The number of anilines is 3. The monoisotopic (exact) mass is 361 g/mol. The van der Waals surface area contributed by atoms with Crippen LogP contribution in [0.1, 0.15) is 13.3 Å². The molecule has 2 amide bonds. The fraction of sp³-hybridized carbons (Fsp3) is 0.263. The van der Waals surface area contributed by atoms with E-state index < -0.39 is 23.2 Å². The van der Waals surface area contributed by atoms with Crippen LogP contribution in [-0.4, -0.2) is 32.5 Å². The summed E-state index contributed by atoms with van der Waals surface area (Å²) < 4.78 is 27.2. The highest BCUT2D eigenvalue weighted by Crippen LogP contribution is 2.21. The van der Waals surface area contributed by atoms with E-state index in [1.807, 2.05) is 31.1 Å². The van der Waals surface area contributed by atoms with E-state index in [1.54, 1.807) is 12.1 Å². The van der Waals surface area contributed by atoms with Gasteiger partial charge in [-0.2, -0.15) is 0 Å². The number of amides is 2. The van der Waals surface area contributed by atoms with Crippen molar-refractivity contribution in [2.45, 2.75) is 13.3 Å². The molecule has 1 N–H and O–H groups in total. The molecule has 0 saturated heterocycles. The fourth-order valence-corrected chi connectivity index (χ4v) is 2.43. The van der Waals surface area contributed by atoms with Gasteiger partial charge in [0.15, 0.2) is 0 Å². The van der Waals surface area contributed by atoms with Crippen molar-refractivity contribution in [3.8, 4) is 0 Å². The molecule has 138 valence electrons. The Hall–Kier alpha value is -2.96. The van der Waals surface area contributed by atoms with E-state index in [2.05, 4.69) is 5.32 Å². The van der Waals surface area contributed by atoms with E-state index in [9.17, 15) is 18.4 Å². The fourth-order valence-electron chi connectivity index (χ4n) is 2.43. The average Bonchev–Trinajstić information content (AvgIpc) is 2.58. The van der Waals surface area contributed by atoms with E-state index in [-0.39, 0.29) is 18.9 Å². The molecule has 2 aromatic carbocycles. The Morgan fingerprint density at radius 2 is 1.50 bits per heavy atom. The zero-order valence-electron chi connectivity index (χ0n) is 14.9. The Morgan fingerprint density at radius 1 is 0.962 bits per heavy atom. The van der Waals surface area contributed by atoms with E-state index in [4.69, 9.17) is 0 Å². The molecule has 2 rings (SSSR count). The number of para-hydroxylation sites is 1. The molecule has 0 unspecified atom stereocenters. The molecule has 0 heterocycles. The molecule has 0 saturated carbocycles. The van der Waals surface area contributed by atoms with Crippen molar-refractivity contribution in [2.24, 2.45) is 0 Å². The number of hydrogen-bond donors (Lipinski definition) is 1. The van der Waals surface area contributed by atoms with Gasteiger partial charge >= 0.3 is 0 Å². The molecule has 0 spiro atoms. The van der Waals surface area contributed by atoms with Gasteiger partial charge in [0.2, 0.25) is 11.8 Å². The molecule has 2 aromatic rings. The van der Waals surface area contributed by atoms with Crippen molar-refractivity contribution in [3.63, 3.8) is 0 Å². The SMILES string of the molecule is CC(=O)N(CCC(=O)Nc1c(F)cccc1F)c1ccc(N(C)C)cc1. The van der Waals surface area contributed by atoms with Crippen LogP contribution in [0.3, 0.4) is 0 Å². The van der Waals surface area contributed by atoms with Gasteiger partial charge in [0, 0.05) is 45.4 Å². The predicted molar refractivity (Wildman–Crippen MR) is 98.4 cm³/mol. The van der Waals surface area contributed by atoms with Crippen molar-refractivity contribution < 1.29 is 18.4 Å². The third-order valence-corrected chi connectivity index (χ3v) is 3.85. The standard InChI is InChI=1S/C19H21F2N3O2/c1-13(25)24(15-9-7-14(8-10-15)23(2)3)12-11-18(26)22-19-16(20)5-4-6-17(19)21/h4-10H,11-12H2,1-3H3,(H,22,26). The number of benzene rings is 2. The lowest BCUT2D eigenvalue weighted by Crippen LogP contribution is -2.32. The van der Waals surface area contributed by atoms with Crippen LogP contribution in [0.4, 0.5) is 25.8 Å². The molecule has 0 fully saturated rings. The molecule has 0 aliphatic rings. The molecule has 0 aliphatic heterocycles. The second-order valence-electron chi connectivity index (χ2n) is 5.98. The maximum atomic E-state index is 13.6. The van der Waals surface area contributed by atoms with Gasteiger partial charge in [-0.05, 0) is 36.4 Å². The summed E-state index contributed by atoms with van der Waals surface area (Å²) >= 11 is 0. The lowest BCUT2D eigenvalue weighted by molar-refractivity contribution is -0.117. The van der Waals surface area contributed by atoms with Crippen molar-refractivity contribution in [1.29, 1.82) is 0 Å². The highest BCUT2D eigenvalue weighted by Gasteiger charge is 2.16. The minimum absolute atomic E-state index is 0.0945. The normalized spacial score (nSPS) is 10.3. The number of nitrogens with zero attached hydrogens (tertiary/aromatic N) is 2. The molecular formula is C19H21F2N3O2. The molecule has 7 heteroatoms. The molecule has 5 nitrogen and oxygen atoms in total. The Balaban J connectivity index is 2.04. The quantitative estimate of drug-likeness (QED) is 0.858. The van der Waals surface area contributed by atoms with Crippen LogP contribution < -0.4 is 15.1 Å². The van der Waals surface area contributed by atoms with Gasteiger partial charge in [0.25, 0.3) is 0 Å². The first-order chi connectivity index (χ1) is 12.3. The highest BCUT2D eigenvalue weighted by atomic mass is 19.1. The molecular weight excluding hydrogens is 340 g/mol. The van der Waals surface area contributed by atoms with Gasteiger partial charge < -0.3 is 15.1 Å². The first-order valence-corrected chi connectivity index (χ1v) is 8.09. The molecule has 0 bridgehead atoms. The Kier molecular flexibility index (Phi) is 6.27. The van der Waals surface area contributed by atoms with Gasteiger partial charge in [-0.3, -0.25) is 9.59 Å². The van der Waals surface area contributed by atoms with Crippen LogP contribution in [-0.2, 0) is 9.59 Å². The second-order valence-corrected chi connectivity index (χ2v) is 5.98. The average molecular weight is 361 g/mol. The smallest absolute Gasteiger partial charge is 0.226 e. The van der Waals surface area contributed by atoms with Crippen LogP contribution >= 0.6 is 0 Å². The largest absolute Gasteiger partial charge is 0.378 e. The van der Waals surface area contributed by atoms with Crippen molar-refractivity contribution in [1.82, 2.24) is 0 Å². The van der Waals surface area contributed by atoms with Crippen LogP contribution in [0.15, 0.2) is 42.5 Å². The number of carbonyl (C=O) groups excluding carboxylic acids is 2. The minimum Gasteiger partial charge on any atom is -0.378 e. The van der Waals surface area contributed by atoms with Crippen molar-refractivity contribution in [2.75, 3.05) is 35.8 Å². The summed E-state index contributed by atoms with van der Waals surface area (Å²) in [6.45, 7) is 1.49. The third-order valence-electron chi connectivity index (χ3n) is 3.85. The Bertz CT molecular complexity index is 772. The van der Waals surface area contributed by atoms with Crippen molar-refractivity contribution in [3.05, 3.63) is 54.1 Å². The third kappa shape index (κ3) is 4.78. The molecule has 0 atom stereocenters. The maximum absolute atomic E-state index is 13.6. The Labute approximate surface area is 151 Å². The van der Waals surface area contributed by atoms with E-state index >= 15 is 0 Å². The van der Waals surface area contributed by atoms with E-state index in [0.717, 1.165) is 17.8 Å². The zero-order valence-corrected chi connectivity index (χ0v) is 14.9. The summed E-state index contributed by atoms with van der Waals surface area (Å²) in [5.41, 5.74) is 1.14. The maximum Gasteiger partial charge on any atom is 0.226 e. The molecule has 0 aromatic heterocycles. The zero-order chi connectivity index (χ0) is 19.3. The number of hydrogen-bond acceptors (Lipinski definition) is 3. The van der Waals surface area contributed by atoms with Crippen LogP contribution in [0.25, 0.3) is 0 Å². The number of rotatable bonds is 6. The highest BCUT2D eigenvalue weighted by molar-refractivity contribution is 5.95.